The predicted molar refractivity (Wildman–Crippen MR) is 153 cm³/mol. The molecule has 7 nitrogen and oxygen atoms in total. The lowest BCUT2D eigenvalue weighted by Gasteiger charge is -2.20. The van der Waals surface area contributed by atoms with Gasteiger partial charge in [0.25, 0.3) is 5.91 Å². The summed E-state index contributed by atoms with van der Waals surface area (Å²) in [4.78, 5) is 29.8. The molecular formula is C31H32ClN3O4. The van der Waals surface area contributed by atoms with E-state index < -0.39 is 17.7 Å². The maximum atomic E-state index is 13.4. The summed E-state index contributed by atoms with van der Waals surface area (Å²) in [5.41, 5.74) is 2.61. The Morgan fingerprint density at radius 1 is 0.949 bits per heavy atom. The summed E-state index contributed by atoms with van der Waals surface area (Å²) in [6, 6.07) is 24.0. The summed E-state index contributed by atoms with van der Waals surface area (Å²) in [5.74, 6) is 0.744. The van der Waals surface area contributed by atoms with E-state index in [0.29, 0.717) is 41.6 Å². The molecule has 1 heterocycles. The monoisotopic (exact) mass is 545 g/mol. The molecular weight excluding hydrogens is 514 g/mol. The molecule has 8 heteroatoms. The number of nitrogens with one attached hydrogen (secondary N) is 2. The molecule has 2 amide bonds. The van der Waals surface area contributed by atoms with Gasteiger partial charge in [0.2, 0.25) is 5.89 Å². The number of nitrogens with zero attached hydrogens (tertiary/aromatic N) is 1. The molecule has 0 spiro atoms. The van der Waals surface area contributed by atoms with Crippen LogP contribution in [0.5, 0.6) is 0 Å². The van der Waals surface area contributed by atoms with Crippen LogP contribution in [0.2, 0.25) is 5.02 Å². The number of ether oxygens (including phenoxy) is 1. The van der Waals surface area contributed by atoms with Crippen molar-refractivity contribution in [3.05, 3.63) is 102 Å². The Morgan fingerprint density at radius 2 is 1.64 bits per heavy atom. The Morgan fingerprint density at radius 3 is 2.36 bits per heavy atom. The summed E-state index contributed by atoms with van der Waals surface area (Å²) in [7, 11) is 0. The second kappa shape index (κ2) is 12.6. The van der Waals surface area contributed by atoms with E-state index in [1.807, 2.05) is 93.6 Å². The molecule has 0 bridgehead atoms. The van der Waals surface area contributed by atoms with E-state index in [1.165, 1.54) is 0 Å². The number of amides is 2. The zero-order chi connectivity index (χ0) is 27.8. The smallest absolute Gasteiger partial charge is 0.407 e. The molecule has 1 aromatic heterocycles. The number of rotatable bonds is 9. The van der Waals surface area contributed by atoms with Gasteiger partial charge in [0.05, 0.1) is 6.20 Å². The van der Waals surface area contributed by atoms with Crippen molar-refractivity contribution >= 4 is 23.6 Å². The Balaban J connectivity index is 1.49. The number of carbonyl (C=O) groups is 2. The van der Waals surface area contributed by atoms with Gasteiger partial charge in [0.1, 0.15) is 11.6 Å². The Bertz CT molecular complexity index is 1410. The van der Waals surface area contributed by atoms with Crippen LogP contribution >= 0.6 is 11.6 Å². The number of hydrogen-bond donors (Lipinski definition) is 2. The second-order valence-corrected chi connectivity index (χ2v) is 10.6. The average molecular weight is 546 g/mol. The SMILES string of the molecule is CC(C)(C)OC(=O)NCCC[C@H](NC(=O)c1cccc(-c2cccc(Cl)c2)c1)c1ncc(-c2ccccc2)o1. The lowest BCUT2D eigenvalue weighted by molar-refractivity contribution is 0.0525. The van der Waals surface area contributed by atoms with Gasteiger partial charge in [-0.2, -0.15) is 0 Å². The summed E-state index contributed by atoms with van der Waals surface area (Å²) in [5, 5.41) is 6.45. The molecule has 202 valence electrons. The molecule has 0 fully saturated rings. The molecule has 0 aliphatic rings. The van der Waals surface area contributed by atoms with Crippen LogP contribution in [0.3, 0.4) is 0 Å². The number of carbonyl (C=O) groups excluding carboxylic acids is 2. The van der Waals surface area contributed by atoms with Gasteiger partial charge in [0.15, 0.2) is 5.76 Å². The lowest BCUT2D eigenvalue weighted by atomic mass is 10.0. The fourth-order valence-corrected chi connectivity index (χ4v) is 4.19. The van der Waals surface area contributed by atoms with Gasteiger partial charge in [-0.15, -0.1) is 0 Å². The summed E-state index contributed by atoms with van der Waals surface area (Å²) in [6.07, 6.45) is 2.23. The van der Waals surface area contributed by atoms with E-state index in [1.54, 1.807) is 12.3 Å². The van der Waals surface area contributed by atoms with Gasteiger partial charge in [-0.3, -0.25) is 4.79 Å². The van der Waals surface area contributed by atoms with Crippen LogP contribution in [0.4, 0.5) is 4.79 Å². The van der Waals surface area contributed by atoms with Gasteiger partial charge in [-0.25, -0.2) is 9.78 Å². The fourth-order valence-electron chi connectivity index (χ4n) is 4.00. The van der Waals surface area contributed by atoms with Gasteiger partial charge < -0.3 is 19.8 Å². The van der Waals surface area contributed by atoms with Crippen molar-refractivity contribution in [2.75, 3.05) is 6.54 Å². The molecule has 0 aliphatic carbocycles. The Hall–Kier alpha value is -4.10. The maximum absolute atomic E-state index is 13.4. The van der Waals surface area contributed by atoms with Crippen molar-refractivity contribution in [3.63, 3.8) is 0 Å². The first-order valence-corrected chi connectivity index (χ1v) is 13.2. The van der Waals surface area contributed by atoms with Crippen LogP contribution in [0, 0.1) is 0 Å². The van der Waals surface area contributed by atoms with Crippen molar-refractivity contribution in [2.24, 2.45) is 0 Å². The van der Waals surface area contributed by atoms with Crippen molar-refractivity contribution in [1.29, 1.82) is 0 Å². The molecule has 2 N–H and O–H groups in total. The number of benzene rings is 3. The third-order valence-electron chi connectivity index (χ3n) is 5.81. The Labute approximate surface area is 233 Å². The number of hydrogen-bond acceptors (Lipinski definition) is 5. The molecule has 4 rings (SSSR count). The van der Waals surface area contributed by atoms with Crippen LogP contribution in [0.1, 0.15) is 55.9 Å². The van der Waals surface area contributed by atoms with E-state index in [9.17, 15) is 9.59 Å². The van der Waals surface area contributed by atoms with Crippen molar-refractivity contribution in [1.82, 2.24) is 15.6 Å². The number of alkyl carbamates (subject to hydrolysis) is 1. The van der Waals surface area contributed by atoms with Gasteiger partial charge >= 0.3 is 6.09 Å². The van der Waals surface area contributed by atoms with E-state index in [4.69, 9.17) is 20.8 Å². The molecule has 0 saturated carbocycles. The molecule has 3 aromatic carbocycles. The summed E-state index contributed by atoms with van der Waals surface area (Å²) >= 11 is 6.16. The average Bonchev–Trinajstić information content (AvgIpc) is 3.40. The second-order valence-electron chi connectivity index (χ2n) is 10.1. The van der Waals surface area contributed by atoms with Crippen molar-refractivity contribution < 1.29 is 18.7 Å². The van der Waals surface area contributed by atoms with Gasteiger partial charge in [0, 0.05) is 22.7 Å². The molecule has 0 aliphatic heterocycles. The standard InChI is InChI=1S/C31H32ClN3O4/c1-31(2,3)39-30(37)33-17-9-16-26(29-34-20-27(38-29)21-10-5-4-6-11-21)35-28(36)24-14-7-12-22(18-24)23-13-8-15-25(32)19-23/h4-8,10-15,18-20,26H,9,16-17H2,1-3H3,(H,33,37)(H,35,36)/t26-/m0/s1. The Kier molecular flexibility index (Phi) is 9.04. The minimum atomic E-state index is -0.577. The quantitative estimate of drug-likeness (QED) is 0.213. The highest BCUT2D eigenvalue weighted by molar-refractivity contribution is 6.30. The van der Waals surface area contributed by atoms with Crippen LogP contribution in [0.15, 0.2) is 89.5 Å². The minimum absolute atomic E-state index is 0.261. The first-order valence-electron chi connectivity index (χ1n) is 12.8. The van der Waals surface area contributed by atoms with Crippen LogP contribution < -0.4 is 10.6 Å². The van der Waals surface area contributed by atoms with Gasteiger partial charge in [-0.1, -0.05) is 66.2 Å². The summed E-state index contributed by atoms with van der Waals surface area (Å²) < 4.78 is 11.4. The molecule has 39 heavy (non-hydrogen) atoms. The lowest BCUT2D eigenvalue weighted by Crippen LogP contribution is -2.34. The molecule has 0 saturated heterocycles. The molecule has 4 aromatic rings. The largest absolute Gasteiger partial charge is 0.444 e. The van der Waals surface area contributed by atoms with Crippen LogP contribution in [-0.4, -0.2) is 29.1 Å². The van der Waals surface area contributed by atoms with E-state index >= 15 is 0 Å². The fraction of sp³-hybridized carbons (Fsp3) is 0.258. The predicted octanol–water partition coefficient (Wildman–Crippen LogP) is 7.44. The first-order chi connectivity index (χ1) is 18.7. The van der Waals surface area contributed by atoms with Gasteiger partial charge in [-0.05, 0) is 69.0 Å². The molecule has 0 radical (unpaired) electrons. The normalized spacial score (nSPS) is 12.0. The van der Waals surface area contributed by atoms with Crippen molar-refractivity contribution in [3.8, 4) is 22.5 Å². The van der Waals surface area contributed by atoms with Crippen LogP contribution in [-0.2, 0) is 4.74 Å². The minimum Gasteiger partial charge on any atom is -0.444 e. The van der Waals surface area contributed by atoms with Crippen molar-refractivity contribution in [2.45, 2.75) is 45.3 Å². The molecule has 0 unspecified atom stereocenters. The molecule has 1 atom stereocenters. The van der Waals surface area contributed by atoms with E-state index in [2.05, 4.69) is 15.6 Å². The maximum Gasteiger partial charge on any atom is 0.407 e. The highest BCUT2D eigenvalue weighted by Crippen LogP contribution is 2.27. The number of oxazole rings is 1. The highest BCUT2D eigenvalue weighted by Gasteiger charge is 2.22. The van der Waals surface area contributed by atoms with E-state index in [-0.39, 0.29) is 5.91 Å². The van der Waals surface area contributed by atoms with Crippen LogP contribution in [0.25, 0.3) is 22.5 Å². The third kappa shape index (κ3) is 8.19. The highest BCUT2D eigenvalue weighted by atomic mass is 35.5. The number of aromatic nitrogens is 1. The first kappa shape index (κ1) is 27.9. The topological polar surface area (TPSA) is 93.5 Å². The third-order valence-corrected chi connectivity index (χ3v) is 6.04. The number of halogens is 1. The zero-order valence-corrected chi connectivity index (χ0v) is 23.0. The summed E-state index contributed by atoms with van der Waals surface area (Å²) in [6.45, 7) is 5.81. The van der Waals surface area contributed by atoms with E-state index in [0.717, 1.165) is 16.7 Å². The zero-order valence-electron chi connectivity index (χ0n) is 22.2.